The number of carbonyl (C=O) groups excluding carboxylic acids is 2. The Hall–Kier alpha value is -2.18. The summed E-state index contributed by atoms with van der Waals surface area (Å²) < 4.78 is 5.50. The standard InChI is InChI=1S/C72H135NO5/c1-3-5-7-9-11-13-15-17-19-21-23-25-29-32-36-40-44-48-52-56-60-64-70(75)69(68-74)73-71(76)65-61-57-53-49-45-41-37-33-30-26-24-27-31-35-39-43-47-51-55-59-63-67-78-72(77)66-62-58-54-50-46-42-38-34-28-22-20-18-16-14-12-10-8-6-4-2/h12,14,18,20,26,30,60,64,69-70,74-75H,3-11,13,15-17,19,21-25,27-29,31-59,61-63,65-68H2,1-2H3,(H,73,76)/b14-12-,20-18-,30-26-,64-60+. The second-order valence-electron chi connectivity index (χ2n) is 23.9. The molecule has 1 amide bonds. The Balaban J connectivity index is 3.44. The third kappa shape index (κ3) is 63.0. The van der Waals surface area contributed by atoms with E-state index in [-0.39, 0.29) is 18.5 Å². The van der Waals surface area contributed by atoms with E-state index in [4.69, 9.17) is 4.74 Å². The first-order valence-electron chi connectivity index (χ1n) is 34.9. The highest BCUT2D eigenvalue weighted by Gasteiger charge is 2.18. The minimum absolute atomic E-state index is 0.00411. The van der Waals surface area contributed by atoms with Gasteiger partial charge in [-0.25, -0.2) is 0 Å². The number of nitrogens with one attached hydrogen (secondary N) is 1. The molecule has 3 N–H and O–H groups in total. The molecule has 0 aliphatic rings. The van der Waals surface area contributed by atoms with Gasteiger partial charge in [0.1, 0.15) is 0 Å². The smallest absolute Gasteiger partial charge is 0.305 e. The van der Waals surface area contributed by atoms with Crippen molar-refractivity contribution in [2.75, 3.05) is 13.2 Å². The SMILES string of the molecule is CCCCC/C=C\C/C=C\CCCCCCCCCCCC(=O)OCCCCCCCCCCCC/C=C\CCCCCCCCCC(=O)NC(CO)C(O)/C=C/CCCCCCCCCCCCCCCCCCCCC. The lowest BCUT2D eigenvalue weighted by atomic mass is 10.0. The molecule has 0 aromatic rings. The van der Waals surface area contributed by atoms with Gasteiger partial charge in [0.2, 0.25) is 5.91 Å². The van der Waals surface area contributed by atoms with Crippen LogP contribution in [0.3, 0.4) is 0 Å². The molecule has 0 aliphatic heterocycles. The third-order valence-electron chi connectivity index (χ3n) is 16.1. The van der Waals surface area contributed by atoms with Crippen molar-refractivity contribution >= 4 is 11.9 Å². The molecule has 0 saturated carbocycles. The van der Waals surface area contributed by atoms with Gasteiger partial charge in [-0.3, -0.25) is 9.59 Å². The summed E-state index contributed by atoms with van der Waals surface area (Å²) >= 11 is 0. The molecule has 0 aromatic carbocycles. The molecule has 458 valence electrons. The van der Waals surface area contributed by atoms with E-state index in [2.05, 4.69) is 55.6 Å². The maximum atomic E-state index is 12.5. The van der Waals surface area contributed by atoms with Crippen molar-refractivity contribution < 1.29 is 24.5 Å². The van der Waals surface area contributed by atoms with Crippen LogP contribution in [0.5, 0.6) is 0 Å². The van der Waals surface area contributed by atoms with Gasteiger partial charge in [-0.05, 0) is 89.9 Å². The Kier molecular flexibility index (Phi) is 65.4. The highest BCUT2D eigenvalue weighted by molar-refractivity contribution is 5.76. The fourth-order valence-electron chi connectivity index (χ4n) is 10.7. The van der Waals surface area contributed by atoms with Gasteiger partial charge in [-0.15, -0.1) is 0 Å². The predicted octanol–water partition coefficient (Wildman–Crippen LogP) is 22.5. The van der Waals surface area contributed by atoms with Crippen LogP contribution in [0.25, 0.3) is 0 Å². The number of hydrogen-bond donors (Lipinski definition) is 3. The van der Waals surface area contributed by atoms with Crippen molar-refractivity contribution in [3.8, 4) is 0 Å². The van der Waals surface area contributed by atoms with Crippen LogP contribution in [0.4, 0.5) is 0 Å². The summed E-state index contributed by atoms with van der Waals surface area (Å²) in [6, 6.07) is -0.636. The van der Waals surface area contributed by atoms with Crippen molar-refractivity contribution in [2.24, 2.45) is 0 Å². The van der Waals surface area contributed by atoms with E-state index in [0.717, 1.165) is 57.8 Å². The Morgan fingerprint density at radius 1 is 0.359 bits per heavy atom. The number of allylic oxidation sites excluding steroid dienone is 7. The molecule has 0 fully saturated rings. The van der Waals surface area contributed by atoms with Crippen LogP contribution >= 0.6 is 0 Å². The van der Waals surface area contributed by atoms with E-state index < -0.39 is 12.1 Å². The van der Waals surface area contributed by atoms with Crippen LogP contribution in [0.1, 0.15) is 373 Å². The maximum absolute atomic E-state index is 12.5. The average molecular weight is 1090 g/mol. The monoisotopic (exact) mass is 1090 g/mol. The number of amides is 1. The van der Waals surface area contributed by atoms with E-state index in [1.165, 1.54) is 289 Å². The molecule has 0 heterocycles. The first-order chi connectivity index (χ1) is 38.5. The topological polar surface area (TPSA) is 95.9 Å². The largest absolute Gasteiger partial charge is 0.466 e. The summed E-state index contributed by atoms with van der Waals surface area (Å²) in [7, 11) is 0. The van der Waals surface area contributed by atoms with E-state index in [1.807, 2.05) is 6.08 Å². The lowest BCUT2D eigenvalue weighted by Crippen LogP contribution is -2.45. The van der Waals surface area contributed by atoms with Gasteiger partial charge in [0.25, 0.3) is 0 Å². The van der Waals surface area contributed by atoms with Gasteiger partial charge in [0.05, 0.1) is 25.4 Å². The number of unbranched alkanes of at least 4 members (excludes halogenated alkanes) is 48. The second-order valence-corrected chi connectivity index (χ2v) is 23.9. The molecule has 2 atom stereocenters. The average Bonchev–Trinajstić information content (AvgIpc) is 3.44. The summed E-state index contributed by atoms with van der Waals surface area (Å²) in [6.07, 6.45) is 87.4. The lowest BCUT2D eigenvalue weighted by Gasteiger charge is -2.20. The Morgan fingerprint density at radius 3 is 1.01 bits per heavy atom. The van der Waals surface area contributed by atoms with Crippen molar-refractivity contribution in [1.82, 2.24) is 5.32 Å². The molecule has 0 aliphatic carbocycles. The molecule has 6 heteroatoms. The van der Waals surface area contributed by atoms with Gasteiger partial charge < -0.3 is 20.3 Å². The molecule has 78 heavy (non-hydrogen) atoms. The number of aliphatic hydroxyl groups is 2. The van der Waals surface area contributed by atoms with Crippen molar-refractivity contribution in [1.29, 1.82) is 0 Å². The fourth-order valence-corrected chi connectivity index (χ4v) is 10.7. The number of esters is 1. The fraction of sp³-hybridized carbons (Fsp3) is 0.861. The zero-order valence-corrected chi connectivity index (χ0v) is 52.4. The summed E-state index contributed by atoms with van der Waals surface area (Å²) in [6.45, 7) is 4.90. The molecule has 0 bridgehead atoms. The zero-order chi connectivity index (χ0) is 56.4. The number of hydrogen-bond acceptors (Lipinski definition) is 5. The highest BCUT2D eigenvalue weighted by Crippen LogP contribution is 2.18. The minimum atomic E-state index is -0.851. The Morgan fingerprint density at radius 2 is 0.641 bits per heavy atom. The van der Waals surface area contributed by atoms with Gasteiger partial charge in [-0.2, -0.15) is 0 Å². The van der Waals surface area contributed by atoms with E-state index >= 15 is 0 Å². The van der Waals surface area contributed by atoms with Gasteiger partial charge in [0.15, 0.2) is 0 Å². The van der Waals surface area contributed by atoms with E-state index in [0.29, 0.717) is 19.4 Å². The molecule has 6 nitrogen and oxygen atoms in total. The van der Waals surface area contributed by atoms with Gasteiger partial charge >= 0.3 is 5.97 Å². The zero-order valence-electron chi connectivity index (χ0n) is 52.4. The van der Waals surface area contributed by atoms with Gasteiger partial charge in [0, 0.05) is 12.8 Å². The first kappa shape index (κ1) is 75.8. The Labute approximate surface area is 486 Å². The molecule has 2 unspecified atom stereocenters. The summed E-state index contributed by atoms with van der Waals surface area (Å²) in [5, 5.41) is 23.2. The van der Waals surface area contributed by atoms with Crippen LogP contribution in [-0.4, -0.2) is 47.4 Å². The number of aliphatic hydroxyl groups excluding tert-OH is 2. The predicted molar refractivity (Wildman–Crippen MR) is 342 cm³/mol. The normalized spacial score (nSPS) is 12.8. The van der Waals surface area contributed by atoms with Crippen molar-refractivity contribution in [2.45, 2.75) is 386 Å². The van der Waals surface area contributed by atoms with Crippen LogP contribution < -0.4 is 5.32 Å². The van der Waals surface area contributed by atoms with Crippen LogP contribution in [0, 0.1) is 0 Å². The first-order valence-corrected chi connectivity index (χ1v) is 34.9. The highest BCUT2D eigenvalue weighted by atomic mass is 16.5. The third-order valence-corrected chi connectivity index (χ3v) is 16.1. The summed E-state index contributed by atoms with van der Waals surface area (Å²) in [5.41, 5.74) is 0. The molecule has 0 saturated heterocycles. The molecule has 0 spiro atoms. The molecule has 0 aromatic heterocycles. The van der Waals surface area contributed by atoms with Crippen LogP contribution in [-0.2, 0) is 14.3 Å². The lowest BCUT2D eigenvalue weighted by molar-refractivity contribution is -0.143. The number of rotatable bonds is 65. The minimum Gasteiger partial charge on any atom is -0.466 e. The number of carbonyl (C=O) groups is 2. The molecule has 0 radical (unpaired) electrons. The quantitative estimate of drug-likeness (QED) is 0.0320. The van der Waals surface area contributed by atoms with E-state index in [1.54, 1.807) is 6.08 Å². The van der Waals surface area contributed by atoms with Crippen molar-refractivity contribution in [3.63, 3.8) is 0 Å². The summed E-state index contributed by atoms with van der Waals surface area (Å²) in [4.78, 5) is 24.6. The molecular weight excluding hydrogens is 959 g/mol. The van der Waals surface area contributed by atoms with Crippen LogP contribution in [0.2, 0.25) is 0 Å². The second kappa shape index (κ2) is 67.3. The van der Waals surface area contributed by atoms with Gasteiger partial charge in [-0.1, -0.05) is 319 Å². The molecular formula is C72H135NO5. The van der Waals surface area contributed by atoms with Crippen LogP contribution in [0.15, 0.2) is 48.6 Å². The van der Waals surface area contributed by atoms with E-state index in [9.17, 15) is 19.8 Å². The van der Waals surface area contributed by atoms with Crippen molar-refractivity contribution in [3.05, 3.63) is 48.6 Å². The summed E-state index contributed by atoms with van der Waals surface area (Å²) in [5.74, 6) is -0.0689. The molecule has 0 rings (SSSR count). The number of ether oxygens (including phenoxy) is 1. The maximum Gasteiger partial charge on any atom is 0.305 e. The Bertz CT molecular complexity index is 1310.